The molecule has 2 nitrogen and oxygen atoms in total. The van der Waals surface area contributed by atoms with Gasteiger partial charge in [-0.3, -0.25) is 9.97 Å². The van der Waals surface area contributed by atoms with Gasteiger partial charge >= 0.3 is 0 Å². The van der Waals surface area contributed by atoms with Crippen molar-refractivity contribution in [2.45, 2.75) is 6.92 Å². The summed E-state index contributed by atoms with van der Waals surface area (Å²) in [5.41, 5.74) is 2.96. The fourth-order valence-electron chi connectivity index (χ4n) is 1.14. The van der Waals surface area contributed by atoms with Crippen LogP contribution in [0.3, 0.4) is 0 Å². The zero-order valence-corrected chi connectivity index (χ0v) is 7.36. The first kappa shape index (κ1) is 7.92. The summed E-state index contributed by atoms with van der Waals surface area (Å²) in [6, 6.07) is 10.6. The van der Waals surface area contributed by atoms with E-state index in [-0.39, 0.29) is 0 Å². The Bertz CT molecular complexity index is 396. The summed E-state index contributed by atoms with van der Waals surface area (Å²) in [4.78, 5) is 8.42. The second-order valence-electron chi connectivity index (χ2n) is 2.86. The summed E-state index contributed by atoms with van der Waals surface area (Å²) in [5.74, 6) is 0. The van der Waals surface area contributed by atoms with Crippen LogP contribution in [0.4, 0.5) is 0 Å². The van der Waals surface area contributed by atoms with Crippen molar-refractivity contribution >= 4 is 0 Å². The molecule has 2 heterocycles. The first-order valence-electron chi connectivity index (χ1n) is 4.11. The zero-order valence-electron chi connectivity index (χ0n) is 7.36. The van der Waals surface area contributed by atoms with E-state index in [0.29, 0.717) is 0 Å². The quantitative estimate of drug-likeness (QED) is 0.654. The highest BCUT2D eigenvalue weighted by molar-refractivity contribution is 5.53. The Hall–Kier alpha value is -1.70. The van der Waals surface area contributed by atoms with Crippen molar-refractivity contribution in [3.05, 3.63) is 48.3 Å². The number of hydrogen-bond donors (Lipinski definition) is 0. The SMILES string of the molecule is Cc1ccnc(-c2c[c]ccn2)c1. The summed E-state index contributed by atoms with van der Waals surface area (Å²) >= 11 is 0. The number of aryl methyl sites for hydroxylation is 1. The normalized spacial score (nSPS) is 9.92. The Morgan fingerprint density at radius 3 is 2.69 bits per heavy atom. The molecule has 2 aromatic rings. The molecule has 0 aliphatic rings. The first-order valence-corrected chi connectivity index (χ1v) is 4.11. The molecule has 2 rings (SSSR count). The second kappa shape index (κ2) is 3.35. The van der Waals surface area contributed by atoms with Crippen LogP contribution in [0.5, 0.6) is 0 Å². The minimum absolute atomic E-state index is 0.867. The third-order valence-electron chi connectivity index (χ3n) is 1.78. The van der Waals surface area contributed by atoms with Crippen molar-refractivity contribution in [3.8, 4) is 11.4 Å². The minimum Gasteiger partial charge on any atom is -0.255 e. The van der Waals surface area contributed by atoms with Gasteiger partial charge in [0, 0.05) is 12.4 Å². The summed E-state index contributed by atoms with van der Waals surface area (Å²) < 4.78 is 0. The molecule has 1 radical (unpaired) electrons. The lowest BCUT2D eigenvalue weighted by atomic mass is 10.2. The molecule has 2 aromatic heterocycles. The largest absolute Gasteiger partial charge is 0.255 e. The standard InChI is InChI=1S/C11H9N2/c1-9-5-7-13-11(8-9)10-4-2-3-6-12-10/h3-8H,1H3. The van der Waals surface area contributed by atoms with Crippen molar-refractivity contribution in [2.24, 2.45) is 0 Å². The van der Waals surface area contributed by atoms with Gasteiger partial charge in [0.25, 0.3) is 0 Å². The van der Waals surface area contributed by atoms with E-state index in [0.717, 1.165) is 11.4 Å². The molecule has 2 heteroatoms. The van der Waals surface area contributed by atoms with E-state index < -0.39 is 0 Å². The van der Waals surface area contributed by atoms with Crippen LogP contribution in [0, 0.1) is 13.0 Å². The molecule has 0 aliphatic heterocycles. The Labute approximate surface area is 77.3 Å². The van der Waals surface area contributed by atoms with Gasteiger partial charge in [-0.05, 0) is 42.8 Å². The van der Waals surface area contributed by atoms with Crippen LogP contribution >= 0.6 is 0 Å². The molecule has 0 amide bonds. The van der Waals surface area contributed by atoms with E-state index >= 15 is 0 Å². The zero-order chi connectivity index (χ0) is 9.10. The number of rotatable bonds is 1. The van der Waals surface area contributed by atoms with Crippen LogP contribution in [-0.4, -0.2) is 9.97 Å². The molecular formula is C11H9N2. The predicted octanol–water partition coefficient (Wildman–Crippen LogP) is 2.25. The Balaban J connectivity index is 2.48. The number of hydrogen-bond acceptors (Lipinski definition) is 2. The highest BCUT2D eigenvalue weighted by Gasteiger charge is 1.98. The van der Waals surface area contributed by atoms with E-state index in [4.69, 9.17) is 0 Å². The third kappa shape index (κ3) is 1.72. The molecule has 0 saturated heterocycles. The van der Waals surface area contributed by atoms with Gasteiger partial charge in [0.05, 0.1) is 11.4 Å². The Morgan fingerprint density at radius 2 is 2.00 bits per heavy atom. The Morgan fingerprint density at radius 1 is 1.15 bits per heavy atom. The fraction of sp³-hybridized carbons (Fsp3) is 0.0909. The molecule has 0 fully saturated rings. The summed E-state index contributed by atoms with van der Waals surface area (Å²) in [7, 11) is 0. The number of nitrogens with zero attached hydrogens (tertiary/aromatic N) is 2. The average Bonchev–Trinajstić information content (AvgIpc) is 2.19. The lowest BCUT2D eigenvalue weighted by Crippen LogP contribution is -1.86. The molecule has 0 aliphatic carbocycles. The van der Waals surface area contributed by atoms with Gasteiger partial charge in [0.1, 0.15) is 0 Å². The summed E-state index contributed by atoms with van der Waals surface area (Å²) in [6.45, 7) is 2.04. The van der Waals surface area contributed by atoms with Crippen LogP contribution < -0.4 is 0 Å². The molecule has 0 bridgehead atoms. The fourth-order valence-corrected chi connectivity index (χ4v) is 1.14. The topological polar surface area (TPSA) is 25.8 Å². The minimum atomic E-state index is 0.867. The molecule has 0 N–H and O–H groups in total. The van der Waals surface area contributed by atoms with Crippen molar-refractivity contribution in [3.63, 3.8) is 0 Å². The Kier molecular flexibility index (Phi) is 2.04. The van der Waals surface area contributed by atoms with E-state index in [1.54, 1.807) is 18.5 Å². The molecular weight excluding hydrogens is 160 g/mol. The van der Waals surface area contributed by atoms with Crippen LogP contribution in [0.15, 0.2) is 36.7 Å². The summed E-state index contributed by atoms with van der Waals surface area (Å²) in [6.07, 6.45) is 3.51. The van der Waals surface area contributed by atoms with Gasteiger partial charge in [-0.15, -0.1) is 0 Å². The molecule has 0 unspecified atom stereocenters. The van der Waals surface area contributed by atoms with Crippen molar-refractivity contribution in [1.82, 2.24) is 9.97 Å². The predicted molar refractivity (Wildman–Crippen MR) is 51.0 cm³/mol. The first-order chi connectivity index (χ1) is 6.36. The van der Waals surface area contributed by atoms with Crippen LogP contribution in [0.1, 0.15) is 5.56 Å². The van der Waals surface area contributed by atoms with E-state index in [2.05, 4.69) is 16.0 Å². The van der Waals surface area contributed by atoms with Gasteiger partial charge in [-0.2, -0.15) is 0 Å². The van der Waals surface area contributed by atoms with Gasteiger partial charge in [0.15, 0.2) is 0 Å². The molecule has 0 atom stereocenters. The van der Waals surface area contributed by atoms with Gasteiger partial charge in [0.2, 0.25) is 0 Å². The van der Waals surface area contributed by atoms with E-state index in [9.17, 15) is 0 Å². The molecule has 13 heavy (non-hydrogen) atoms. The highest BCUT2D eigenvalue weighted by atomic mass is 14.7. The van der Waals surface area contributed by atoms with Crippen molar-refractivity contribution < 1.29 is 0 Å². The molecule has 0 spiro atoms. The number of aromatic nitrogens is 2. The van der Waals surface area contributed by atoms with Crippen LogP contribution in [-0.2, 0) is 0 Å². The highest BCUT2D eigenvalue weighted by Crippen LogP contribution is 2.13. The third-order valence-corrected chi connectivity index (χ3v) is 1.78. The van der Waals surface area contributed by atoms with Gasteiger partial charge < -0.3 is 0 Å². The van der Waals surface area contributed by atoms with Crippen molar-refractivity contribution in [1.29, 1.82) is 0 Å². The van der Waals surface area contributed by atoms with Crippen molar-refractivity contribution in [2.75, 3.05) is 0 Å². The van der Waals surface area contributed by atoms with Gasteiger partial charge in [-0.25, -0.2) is 0 Å². The van der Waals surface area contributed by atoms with E-state index in [1.165, 1.54) is 5.56 Å². The van der Waals surface area contributed by atoms with Crippen LogP contribution in [0.2, 0.25) is 0 Å². The maximum absolute atomic E-state index is 4.23. The second-order valence-corrected chi connectivity index (χ2v) is 2.86. The van der Waals surface area contributed by atoms with E-state index in [1.807, 2.05) is 25.1 Å². The molecule has 63 valence electrons. The maximum atomic E-state index is 4.23. The lowest BCUT2D eigenvalue weighted by Gasteiger charge is -1.99. The molecule has 0 aromatic carbocycles. The maximum Gasteiger partial charge on any atom is 0.0892 e. The van der Waals surface area contributed by atoms with Crippen LogP contribution in [0.25, 0.3) is 11.4 Å². The summed E-state index contributed by atoms with van der Waals surface area (Å²) in [5, 5.41) is 0. The lowest BCUT2D eigenvalue weighted by molar-refractivity contribution is 1.23. The number of pyridine rings is 2. The molecule has 0 saturated carbocycles. The van der Waals surface area contributed by atoms with Gasteiger partial charge in [-0.1, -0.05) is 0 Å². The average molecular weight is 169 g/mol. The smallest absolute Gasteiger partial charge is 0.0892 e. The monoisotopic (exact) mass is 169 g/mol.